The van der Waals surface area contributed by atoms with Gasteiger partial charge in [0.1, 0.15) is 0 Å². The molecule has 0 spiro atoms. The van der Waals surface area contributed by atoms with Gasteiger partial charge in [0, 0.05) is 32.4 Å². The Morgan fingerprint density at radius 1 is 1.43 bits per heavy atom. The second-order valence-electron chi connectivity index (χ2n) is 5.19. The zero-order valence-corrected chi connectivity index (χ0v) is 15.1. The summed E-state index contributed by atoms with van der Waals surface area (Å²) >= 11 is 12.1. The normalized spacial score (nSPS) is 21.2. The third-order valence-electron chi connectivity index (χ3n) is 3.52. The Hall–Kier alpha value is -0.560. The van der Waals surface area contributed by atoms with E-state index in [2.05, 4.69) is 10.8 Å². The Labute approximate surface area is 152 Å². The van der Waals surface area contributed by atoms with E-state index in [-0.39, 0.29) is 30.3 Å². The molecular weight excluding hydrogens is 363 g/mol. The van der Waals surface area contributed by atoms with Crippen LogP contribution < -0.4 is 10.8 Å². The van der Waals surface area contributed by atoms with Crippen LogP contribution in [0.2, 0.25) is 10.0 Å². The maximum absolute atomic E-state index is 10.8. The van der Waals surface area contributed by atoms with E-state index >= 15 is 0 Å². The van der Waals surface area contributed by atoms with Crippen molar-refractivity contribution in [2.24, 2.45) is 0 Å². The van der Waals surface area contributed by atoms with Gasteiger partial charge in [-0.1, -0.05) is 29.3 Å². The monoisotopic (exact) mass is 382 g/mol. The average Bonchev–Trinajstić information content (AvgIpc) is 2.72. The summed E-state index contributed by atoms with van der Waals surface area (Å²) in [5, 5.41) is 4.44. The number of amides is 1. The molecule has 1 aliphatic rings. The van der Waals surface area contributed by atoms with Gasteiger partial charge < -0.3 is 10.1 Å². The topological polar surface area (TPSA) is 59.6 Å². The maximum Gasteiger partial charge on any atom is 0.240 e. The van der Waals surface area contributed by atoms with Gasteiger partial charge in [-0.05, 0) is 17.7 Å². The zero-order chi connectivity index (χ0) is 15.9. The first kappa shape index (κ1) is 20.5. The molecule has 0 radical (unpaired) electrons. The van der Waals surface area contributed by atoms with Crippen molar-refractivity contribution in [3.63, 3.8) is 0 Å². The number of hydrogen-bond donors (Lipinski definition) is 2. The zero-order valence-electron chi connectivity index (χ0n) is 12.8. The molecule has 2 N–H and O–H groups in total. The molecule has 23 heavy (non-hydrogen) atoms. The number of halogens is 3. The highest BCUT2D eigenvalue weighted by Crippen LogP contribution is 2.30. The van der Waals surface area contributed by atoms with E-state index in [1.807, 2.05) is 12.1 Å². The molecule has 1 amide bonds. The first-order valence-electron chi connectivity index (χ1n) is 7.23. The summed E-state index contributed by atoms with van der Waals surface area (Å²) in [6.07, 6.45) is 0.661. The van der Waals surface area contributed by atoms with E-state index in [1.54, 1.807) is 6.07 Å². The Bertz CT molecular complexity index is 517. The van der Waals surface area contributed by atoms with E-state index in [4.69, 9.17) is 32.8 Å². The number of nitrogens with one attached hydrogen (secondary N) is 2. The van der Waals surface area contributed by atoms with Crippen LogP contribution in [0.4, 0.5) is 0 Å². The highest BCUT2D eigenvalue weighted by molar-refractivity contribution is 6.42. The van der Waals surface area contributed by atoms with Gasteiger partial charge in [-0.2, -0.15) is 0 Å². The van der Waals surface area contributed by atoms with Gasteiger partial charge in [-0.3, -0.25) is 9.63 Å². The molecule has 8 heteroatoms. The average molecular weight is 384 g/mol. The largest absolute Gasteiger partial charge is 0.376 e. The minimum atomic E-state index is -0.218. The van der Waals surface area contributed by atoms with Crippen LogP contribution in [0.5, 0.6) is 0 Å². The van der Waals surface area contributed by atoms with Crippen LogP contribution in [0.3, 0.4) is 0 Å². The summed E-state index contributed by atoms with van der Waals surface area (Å²) < 4.78 is 5.92. The lowest BCUT2D eigenvalue weighted by Gasteiger charge is -2.25. The van der Waals surface area contributed by atoms with E-state index in [9.17, 15) is 4.79 Å². The van der Waals surface area contributed by atoms with Crippen molar-refractivity contribution in [2.75, 3.05) is 26.3 Å². The molecule has 0 aromatic heterocycles. The van der Waals surface area contributed by atoms with Gasteiger partial charge in [0.15, 0.2) is 0 Å². The SMILES string of the molecule is CC(=O)NOCC[C@H]1OCCNC[C@H]1c1ccc(Cl)c(Cl)c1.Cl. The standard InChI is InChI=1S/C15H20Cl2N2O3.ClH/c1-10(20)19-22-6-4-15-12(9-18-5-7-21-15)11-2-3-13(16)14(17)8-11;/h2-3,8,12,15,18H,4-7,9H2,1H3,(H,19,20);1H/t12-,15+;/m0./s1. The third kappa shape index (κ3) is 6.45. The van der Waals surface area contributed by atoms with Crippen molar-refractivity contribution < 1.29 is 14.4 Å². The molecule has 2 atom stereocenters. The molecule has 0 saturated carbocycles. The van der Waals surface area contributed by atoms with Crippen molar-refractivity contribution in [3.05, 3.63) is 33.8 Å². The quantitative estimate of drug-likeness (QED) is 0.606. The number of hydroxylamine groups is 1. The lowest BCUT2D eigenvalue weighted by Crippen LogP contribution is -2.29. The summed E-state index contributed by atoms with van der Waals surface area (Å²) in [4.78, 5) is 15.9. The van der Waals surface area contributed by atoms with Crippen LogP contribution in [-0.4, -0.2) is 38.3 Å². The van der Waals surface area contributed by atoms with E-state index in [0.29, 0.717) is 29.7 Å². The van der Waals surface area contributed by atoms with E-state index < -0.39 is 0 Å². The molecule has 2 rings (SSSR count). The third-order valence-corrected chi connectivity index (χ3v) is 4.25. The summed E-state index contributed by atoms with van der Waals surface area (Å²) in [5.74, 6) is -0.0670. The van der Waals surface area contributed by atoms with E-state index in [1.165, 1.54) is 6.92 Å². The Morgan fingerprint density at radius 3 is 2.91 bits per heavy atom. The smallest absolute Gasteiger partial charge is 0.240 e. The van der Waals surface area contributed by atoms with Crippen LogP contribution in [-0.2, 0) is 14.4 Å². The van der Waals surface area contributed by atoms with Gasteiger partial charge in [0.2, 0.25) is 5.91 Å². The van der Waals surface area contributed by atoms with Crippen LogP contribution in [0.1, 0.15) is 24.8 Å². The van der Waals surface area contributed by atoms with Gasteiger partial charge in [0.05, 0.1) is 29.4 Å². The first-order chi connectivity index (χ1) is 10.6. The highest BCUT2D eigenvalue weighted by Gasteiger charge is 2.26. The maximum atomic E-state index is 10.8. The summed E-state index contributed by atoms with van der Waals surface area (Å²) in [7, 11) is 0. The number of carbonyl (C=O) groups excluding carboxylic acids is 1. The Kier molecular flexibility index (Phi) is 9.20. The Morgan fingerprint density at radius 2 is 2.22 bits per heavy atom. The Balaban J connectivity index is 0.00000264. The number of hydrogen-bond acceptors (Lipinski definition) is 4. The molecule has 1 aromatic rings. The van der Waals surface area contributed by atoms with Crippen LogP contribution in [0.25, 0.3) is 0 Å². The van der Waals surface area contributed by atoms with Crippen LogP contribution in [0, 0.1) is 0 Å². The number of benzene rings is 1. The molecule has 1 saturated heterocycles. The van der Waals surface area contributed by atoms with Crippen molar-refractivity contribution in [1.29, 1.82) is 0 Å². The lowest BCUT2D eigenvalue weighted by molar-refractivity contribution is -0.132. The minimum absolute atomic E-state index is 0. The summed E-state index contributed by atoms with van der Waals surface area (Å²) in [6.45, 7) is 4.04. The van der Waals surface area contributed by atoms with Crippen LogP contribution >= 0.6 is 35.6 Å². The predicted molar refractivity (Wildman–Crippen MR) is 93.4 cm³/mol. The summed E-state index contributed by atoms with van der Waals surface area (Å²) in [6, 6.07) is 5.65. The molecule has 0 unspecified atom stereocenters. The molecule has 5 nitrogen and oxygen atoms in total. The molecule has 130 valence electrons. The fourth-order valence-corrected chi connectivity index (χ4v) is 2.78. The van der Waals surface area contributed by atoms with Crippen molar-refractivity contribution in [3.8, 4) is 0 Å². The molecular formula is C15H21Cl3N2O3. The molecule has 0 bridgehead atoms. The number of rotatable bonds is 5. The molecule has 1 aromatic carbocycles. The fraction of sp³-hybridized carbons (Fsp3) is 0.533. The van der Waals surface area contributed by atoms with Crippen molar-refractivity contribution in [2.45, 2.75) is 25.4 Å². The van der Waals surface area contributed by atoms with Crippen molar-refractivity contribution >= 4 is 41.5 Å². The molecule has 1 aliphatic heterocycles. The van der Waals surface area contributed by atoms with Crippen molar-refractivity contribution in [1.82, 2.24) is 10.8 Å². The van der Waals surface area contributed by atoms with Gasteiger partial charge in [-0.15, -0.1) is 12.4 Å². The second-order valence-corrected chi connectivity index (χ2v) is 6.00. The van der Waals surface area contributed by atoms with Gasteiger partial charge in [0.25, 0.3) is 0 Å². The molecule has 1 fully saturated rings. The molecule has 1 heterocycles. The van der Waals surface area contributed by atoms with Gasteiger partial charge >= 0.3 is 0 Å². The fourth-order valence-electron chi connectivity index (χ4n) is 2.48. The lowest BCUT2D eigenvalue weighted by atomic mass is 9.91. The predicted octanol–water partition coefficient (Wildman–Crippen LogP) is 2.95. The van der Waals surface area contributed by atoms with E-state index in [0.717, 1.165) is 18.7 Å². The minimum Gasteiger partial charge on any atom is -0.376 e. The first-order valence-corrected chi connectivity index (χ1v) is 7.99. The van der Waals surface area contributed by atoms with Gasteiger partial charge in [-0.25, -0.2) is 5.48 Å². The second kappa shape index (κ2) is 10.3. The summed E-state index contributed by atoms with van der Waals surface area (Å²) in [5.41, 5.74) is 3.40. The number of ether oxygens (including phenoxy) is 1. The molecule has 0 aliphatic carbocycles. The number of carbonyl (C=O) groups is 1. The van der Waals surface area contributed by atoms with Crippen LogP contribution in [0.15, 0.2) is 18.2 Å². The highest BCUT2D eigenvalue weighted by atomic mass is 35.5.